The molecule has 0 saturated heterocycles. The van der Waals surface area contributed by atoms with Crippen LogP contribution in [0.1, 0.15) is 0 Å². The Bertz CT molecular complexity index is 519. The van der Waals surface area contributed by atoms with Gasteiger partial charge >= 0.3 is 0 Å². The van der Waals surface area contributed by atoms with Crippen LogP contribution in [0.25, 0.3) is 0 Å². The molecule has 1 aromatic carbocycles. The molecular weight excluding hydrogens is 280 g/mol. The molecule has 2 rings (SSSR count). The number of hydrogen-bond donors (Lipinski definition) is 0. The summed E-state index contributed by atoms with van der Waals surface area (Å²) in [5.41, 5.74) is 0. The van der Waals surface area contributed by atoms with Crippen LogP contribution in [-0.2, 0) is 0 Å². The van der Waals surface area contributed by atoms with Gasteiger partial charge in [-0.05, 0) is 28.1 Å². The lowest BCUT2D eigenvalue weighted by atomic mass is 10.3. The SMILES string of the molecule is Fc1ccc(Oc2ccncc2Br)cc1F. The van der Waals surface area contributed by atoms with E-state index in [1.807, 2.05) is 0 Å². The maximum Gasteiger partial charge on any atom is 0.162 e. The molecule has 1 aromatic heterocycles. The minimum atomic E-state index is -0.942. The molecule has 1 heterocycles. The van der Waals surface area contributed by atoms with E-state index in [-0.39, 0.29) is 5.75 Å². The van der Waals surface area contributed by atoms with Crippen LogP contribution in [0.15, 0.2) is 41.1 Å². The standard InChI is InChI=1S/C11H6BrF2NO/c12-8-6-15-4-3-11(8)16-7-1-2-9(13)10(14)5-7/h1-6H. The van der Waals surface area contributed by atoms with Crippen LogP contribution in [0.3, 0.4) is 0 Å². The van der Waals surface area contributed by atoms with Crippen LogP contribution in [0.2, 0.25) is 0 Å². The minimum absolute atomic E-state index is 0.228. The van der Waals surface area contributed by atoms with Gasteiger partial charge in [0.1, 0.15) is 11.5 Å². The molecule has 2 aromatic rings. The van der Waals surface area contributed by atoms with Crippen molar-refractivity contribution in [3.8, 4) is 11.5 Å². The average Bonchev–Trinajstić information content (AvgIpc) is 2.27. The van der Waals surface area contributed by atoms with E-state index in [2.05, 4.69) is 20.9 Å². The molecule has 0 aliphatic heterocycles. The predicted octanol–water partition coefficient (Wildman–Crippen LogP) is 3.91. The highest BCUT2D eigenvalue weighted by Gasteiger charge is 2.06. The monoisotopic (exact) mass is 285 g/mol. The summed E-state index contributed by atoms with van der Waals surface area (Å²) < 4.78 is 31.6. The fraction of sp³-hybridized carbons (Fsp3) is 0. The first-order chi connectivity index (χ1) is 7.66. The lowest BCUT2D eigenvalue weighted by Gasteiger charge is -2.06. The third kappa shape index (κ3) is 2.36. The van der Waals surface area contributed by atoms with Gasteiger partial charge in [0.2, 0.25) is 0 Å². The summed E-state index contributed by atoms with van der Waals surface area (Å²) in [7, 11) is 0. The van der Waals surface area contributed by atoms with Gasteiger partial charge < -0.3 is 4.74 Å². The third-order valence-electron chi connectivity index (χ3n) is 1.85. The van der Waals surface area contributed by atoms with Crippen LogP contribution in [-0.4, -0.2) is 4.98 Å². The molecule has 2 nitrogen and oxygen atoms in total. The topological polar surface area (TPSA) is 22.1 Å². The van der Waals surface area contributed by atoms with Crippen molar-refractivity contribution >= 4 is 15.9 Å². The minimum Gasteiger partial charge on any atom is -0.456 e. The van der Waals surface area contributed by atoms with Crippen LogP contribution < -0.4 is 4.74 Å². The second-order valence-electron chi connectivity index (χ2n) is 2.98. The lowest BCUT2D eigenvalue weighted by Crippen LogP contribution is -1.89. The molecule has 16 heavy (non-hydrogen) atoms. The predicted molar refractivity (Wildman–Crippen MR) is 58.4 cm³/mol. The van der Waals surface area contributed by atoms with Gasteiger partial charge in [-0.15, -0.1) is 0 Å². The largest absolute Gasteiger partial charge is 0.456 e. The highest BCUT2D eigenvalue weighted by Crippen LogP contribution is 2.28. The van der Waals surface area contributed by atoms with Crippen molar-refractivity contribution in [2.45, 2.75) is 0 Å². The molecule has 0 saturated carbocycles. The van der Waals surface area contributed by atoms with Gasteiger partial charge in [0.25, 0.3) is 0 Å². The Hall–Kier alpha value is -1.49. The molecule has 0 aliphatic rings. The number of pyridine rings is 1. The number of aromatic nitrogens is 1. The Morgan fingerprint density at radius 3 is 2.62 bits per heavy atom. The van der Waals surface area contributed by atoms with E-state index >= 15 is 0 Å². The van der Waals surface area contributed by atoms with E-state index in [4.69, 9.17) is 4.74 Å². The normalized spacial score (nSPS) is 10.2. The van der Waals surface area contributed by atoms with Crippen molar-refractivity contribution in [2.75, 3.05) is 0 Å². The smallest absolute Gasteiger partial charge is 0.162 e. The Balaban J connectivity index is 2.28. The maximum absolute atomic E-state index is 12.9. The molecule has 0 N–H and O–H groups in total. The number of hydrogen-bond acceptors (Lipinski definition) is 2. The molecule has 0 unspecified atom stereocenters. The van der Waals surface area contributed by atoms with Crippen molar-refractivity contribution in [1.82, 2.24) is 4.98 Å². The van der Waals surface area contributed by atoms with Gasteiger partial charge in [-0.3, -0.25) is 4.98 Å². The van der Waals surface area contributed by atoms with E-state index in [1.54, 1.807) is 18.5 Å². The summed E-state index contributed by atoms with van der Waals surface area (Å²) in [5, 5.41) is 0. The highest BCUT2D eigenvalue weighted by molar-refractivity contribution is 9.10. The summed E-state index contributed by atoms with van der Waals surface area (Å²) in [4.78, 5) is 3.86. The van der Waals surface area contributed by atoms with E-state index < -0.39 is 11.6 Å². The van der Waals surface area contributed by atoms with Gasteiger partial charge in [-0.25, -0.2) is 8.78 Å². The summed E-state index contributed by atoms with van der Waals surface area (Å²) in [5.74, 6) is -1.13. The fourth-order valence-electron chi connectivity index (χ4n) is 1.11. The molecule has 0 atom stereocenters. The molecule has 0 spiro atoms. The number of halogens is 3. The summed E-state index contributed by atoms with van der Waals surface area (Å²) in [6.07, 6.45) is 3.09. The quantitative estimate of drug-likeness (QED) is 0.835. The van der Waals surface area contributed by atoms with Crippen molar-refractivity contribution in [2.24, 2.45) is 0 Å². The second-order valence-corrected chi connectivity index (χ2v) is 3.84. The number of rotatable bonds is 2. The maximum atomic E-state index is 12.9. The van der Waals surface area contributed by atoms with Crippen LogP contribution >= 0.6 is 15.9 Å². The zero-order valence-electron chi connectivity index (χ0n) is 7.95. The molecule has 0 fully saturated rings. The van der Waals surface area contributed by atoms with E-state index in [0.29, 0.717) is 10.2 Å². The van der Waals surface area contributed by atoms with Crippen molar-refractivity contribution in [3.05, 3.63) is 52.8 Å². The molecular formula is C11H6BrF2NO. The molecule has 5 heteroatoms. The van der Waals surface area contributed by atoms with Gasteiger partial charge in [0.05, 0.1) is 4.47 Å². The van der Waals surface area contributed by atoms with Crippen molar-refractivity contribution < 1.29 is 13.5 Å². The Kier molecular flexibility index (Phi) is 3.14. The lowest BCUT2D eigenvalue weighted by molar-refractivity contribution is 0.459. The first-order valence-electron chi connectivity index (χ1n) is 4.39. The van der Waals surface area contributed by atoms with E-state index in [1.165, 1.54) is 6.07 Å². The first-order valence-corrected chi connectivity index (χ1v) is 5.18. The number of benzene rings is 1. The molecule has 0 radical (unpaired) electrons. The number of ether oxygens (including phenoxy) is 1. The van der Waals surface area contributed by atoms with E-state index in [0.717, 1.165) is 12.1 Å². The van der Waals surface area contributed by atoms with Crippen LogP contribution in [0.5, 0.6) is 11.5 Å². The highest BCUT2D eigenvalue weighted by atomic mass is 79.9. The van der Waals surface area contributed by atoms with Gasteiger partial charge in [0.15, 0.2) is 11.6 Å². The van der Waals surface area contributed by atoms with Gasteiger partial charge in [-0.2, -0.15) is 0 Å². The first kappa shape index (κ1) is 11.0. The summed E-state index contributed by atoms with van der Waals surface area (Å²) >= 11 is 3.23. The third-order valence-corrected chi connectivity index (χ3v) is 2.45. The zero-order chi connectivity index (χ0) is 11.5. The fourth-order valence-corrected chi connectivity index (χ4v) is 1.44. The molecule has 82 valence electrons. The summed E-state index contributed by atoms with van der Waals surface area (Å²) in [6, 6.07) is 4.97. The Morgan fingerprint density at radius 2 is 1.94 bits per heavy atom. The van der Waals surface area contributed by atoms with Crippen LogP contribution in [0.4, 0.5) is 8.78 Å². The average molecular weight is 286 g/mol. The molecule has 0 aliphatic carbocycles. The van der Waals surface area contributed by atoms with Gasteiger partial charge in [-0.1, -0.05) is 0 Å². The summed E-state index contributed by atoms with van der Waals surface area (Å²) in [6.45, 7) is 0. The second kappa shape index (κ2) is 4.57. The van der Waals surface area contributed by atoms with Crippen LogP contribution in [0, 0.1) is 11.6 Å². The van der Waals surface area contributed by atoms with E-state index in [9.17, 15) is 8.78 Å². The zero-order valence-corrected chi connectivity index (χ0v) is 9.54. The van der Waals surface area contributed by atoms with Gasteiger partial charge in [0, 0.05) is 24.5 Å². The molecule has 0 bridgehead atoms. The van der Waals surface area contributed by atoms with Crippen molar-refractivity contribution in [1.29, 1.82) is 0 Å². The van der Waals surface area contributed by atoms with Crippen molar-refractivity contribution in [3.63, 3.8) is 0 Å². The number of nitrogens with zero attached hydrogens (tertiary/aromatic N) is 1. The Morgan fingerprint density at radius 1 is 1.12 bits per heavy atom. The Labute approximate surface area is 99.0 Å². The molecule has 0 amide bonds.